The molecule has 0 aliphatic carbocycles. The summed E-state index contributed by atoms with van der Waals surface area (Å²) in [6.45, 7) is 5.75. The number of benzene rings is 1. The van der Waals surface area contributed by atoms with E-state index in [0.717, 1.165) is 6.07 Å². The number of aliphatic hydroxyl groups is 1. The molecule has 2 rings (SSSR count). The second kappa shape index (κ2) is 6.27. The summed E-state index contributed by atoms with van der Waals surface area (Å²) in [7, 11) is 0. The summed E-state index contributed by atoms with van der Waals surface area (Å²) in [6.07, 6.45) is 2.50. The zero-order valence-electron chi connectivity index (χ0n) is 12.9. The van der Waals surface area contributed by atoms with Gasteiger partial charge in [0.05, 0.1) is 6.10 Å². The molecule has 1 unspecified atom stereocenters. The minimum absolute atomic E-state index is 0.116. The van der Waals surface area contributed by atoms with Gasteiger partial charge < -0.3 is 10.4 Å². The molecule has 0 aliphatic heterocycles. The van der Waals surface area contributed by atoms with E-state index in [2.05, 4.69) is 10.4 Å². The number of hydrogen-bond donors (Lipinski definition) is 2. The van der Waals surface area contributed by atoms with Crippen molar-refractivity contribution < 1.29 is 14.3 Å². The molecule has 0 fully saturated rings. The van der Waals surface area contributed by atoms with Crippen LogP contribution in [0, 0.1) is 11.2 Å². The minimum Gasteiger partial charge on any atom is -0.391 e. The number of carbonyl (C=O) groups excluding carboxylic acids is 1. The van der Waals surface area contributed by atoms with Gasteiger partial charge in [0.25, 0.3) is 5.91 Å². The molecule has 0 bridgehead atoms. The zero-order valence-corrected chi connectivity index (χ0v) is 12.9. The van der Waals surface area contributed by atoms with Crippen LogP contribution in [0.4, 0.5) is 4.39 Å². The molecule has 0 saturated carbocycles. The van der Waals surface area contributed by atoms with Gasteiger partial charge in [-0.15, -0.1) is 0 Å². The number of hydrogen-bond acceptors (Lipinski definition) is 3. The number of halogens is 1. The maximum absolute atomic E-state index is 14.1. The highest BCUT2D eigenvalue weighted by atomic mass is 19.1. The molecule has 0 saturated heterocycles. The first-order valence-corrected chi connectivity index (χ1v) is 7.05. The largest absolute Gasteiger partial charge is 0.391 e. The van der Waals surface area contributed by atoms with E-state index in [9.17, 15) is 14.3 Å². The Morgan fingerprint density at radius 3 is 2.73 bits per heavy atom. The smallest absolute Gasteiger partial charge is 0.251 e. The van der Waals surface area contributed by atoms with Crippen molar-refractivity contribution in [2.24, 2.45) is 5.41 Å². The third-order valence-corrected chi connectivity index (χ3v) is 3.42. The average molecular weight is 305 g/mol. The lowest BCUT2D eigenvalue weighted by Gasteiger charge is -2.25. The number of carbonyl (C=O) groups is 1. The molecular formula is C16H20FN3O2. The standard InChI is InChI=1S/C16H20FN3O2/c1-16(2,3)14(21)10-18-15(22)11-5-6-13(12(17)9-11)20-8-4-7-19-20/h4-9,14,21H,10H2,1-3H3,(H,18,22). The third kappa shape index (κ3) is 3.71. The van der Waals surface area contributed by atoms with Gasteiger partial charge in [0, 0.05) is 24.5 Å². The van der Waals surface area contributed by atoms with Crippen molar-refractivity contribution in [1.29, 1.82) is 0 Å². The molecule has 1 heterocycles. The van der Waals surface area contributed by atoms with Crippen molar-refractivity contribution in [3.05, 3.63) is 48.0 Å². The number of amides is 1. The Morgan fingerprint density at radius 1 is 1.45 bits per heavy atom. The van der Waals surface area contributed by atoms with Crippen LogP contribution in [-0.2, 0) is 0 Å². The van der Waals surface area contributed by atoms with E-state index in [0.29, 0.717) is 0 Å². The van der Waals surface area contributed by atoms with Crippen LogP contribution in [0.5, 0.6) is 0 Å². The Bertz CT molecular complexity index is 648. The summed E-state index contributed by atoms with van der Waals surface area (Å²) < 4.78 is 15.5. The van der Waals surface area contributed by atoms with Gasteiger partial charge in [-0.05, 0) is 29.7 Å². The van der Waals surface area contributed by atoms with Crippen molar-refractivity contribution >= 4 is 5.91 Å². The van der Waals surface area contributed by atoms with Gasteiger partial charge in [-0.25, -0.2) is 9.07 Å². The third-order valence-electron chi connectivity index (χ3n) is 3.42. The number of rotatable bonds is 4. The van der Waals surface area contributed by atoms with Crippen molar-refractivity contribution in [3.63, 3.8) is 0 Å². The normalized spacial score (nSPS) is 13.0. The van der Waals surface area contributed by atoms with E-state index in [1.165, 1.54) is 16.8 Å². The van der Waals surface area contributed by atoms with Crippen LogP contribution in [0.1, 0.15) is 31.1 Å². The van der Waals surface area contributed by atoms with Crippen LogP contribution < -0.4 is 5.32 Å². The van der Waals surface area contributed by atoms with Crippen LogP contribution >= 0.6 is 0 Å². The number of aromatic nitrogens is 2. The van der Waals surface area contributed by atoms with E-state index in [4.69, 9.17) is 0 Å². The minimum atomic E-state index is -0.676. The summed E-state index contributed by atoms with van der Waals surface area (Å²) >= 11 is 0. The van der Waals surface area contributed by atoms with Crippen LogP contribution in [0.2, 0.25) is 0 Å². The SMILES string of the molecule is CC(C)(C)C(O)CNC(=O)c1ccc(-n2cccn2)c(F)c1. The van der Waals surface area contributed by atoms with Crippen LogP contribution in [-0.4, -0.2) is 33.4 Å². The summed E-state index contributed by atoms with van der Waals surface area (Å²) in [5, 5.41) is 16.5. The van der Waals surface area contributed by atoms with Crippen LogP contribution in [0.25, 0.3) is 5.69 Å². The summed E-state index contributed by atoms with van der Waals surface area (Å²) in [6, 6.07) is 5.88. The maximum Gasteiger partial charge on any atom is 0.251 e. The van der Waals surface area contributed by atoms with Gasteiger partial charge in [0.15, 0.2) is 0 Å². The predicted molar refractivity (Wildman–Crippen MR) is 81.3 cm³/mol. The maximum atomic E-state index is 14.1. The van der Waals surface area contributed by atoms with Gasteiger partial charge in [-0.3, -0.25) is 4.79 Å². The molecule has 1 amide bonds. The number of nitrogens with one attached hydrogen (secondary N) is 1. The van der Waals surface area contributed by atoms with Gasteiger partial charge in [0.1, 0.15) is 11.5 Å². The van der Waals surface area contributed by atoms with E-state index in [1.807, 2.05) is 20.8 Å². The van der Waals surface area contributed by atoms with Crippen molar-refractivity contribution in [2.45, 2.75) is 26.9 Å². The molecule has 0 spiro atoms. The molecule has 1 aromatic heterocycles. The molecule has 0 radical (unpaired) electrons. The Balaban J connectivity index is 2.07. The monoisotopic (exact) mass is 305 g/mol. The molecule has 5 nitrogen and oxygen atoms in total. The summed E-state index contributed by atoms with van der Waals surface area (Å²) in [4.78, 5) is 12.0. The molecule has 2 aromatic rings. The Hall–Kier alpha value is -2.21. The van der Waals surface area contributed by atoms with Crippen molar-refractivity contribution in [3.8, 4) is 5.69 Å². The lowest BCUT2D eigenvalue weighted by atomic mass is 9.89. The molecule has 118 valence electrons. The molecule has 2 N–H and O–H groups in total. The first-order chi connectivity index (χ1) is 10.3. The lowest BCUT2D eigenvalue weighted by molar-refractivity contribution is 0.0587. The van der Waals surface area contributed by atoms with Crippen LogP contribution in [0.15, 0.2) is 36.7 Å². The van der Waals surface area contributed by atoms with Crippen molar-refractivity contribution in [2.75, 3.05) is 6.54 Å². The first kappa shape index (κ1) is 16.2. The fourth-order valence-electron chi connectivity index (χ4n) is 1.84. The Kier molecular flexibility index (Phi) is 4.61. The first-order valence-electron chi connectivity index (χ1n) is 7.05. The summed E-state index contributed by atoms with van der Waals surface area (Å²) in [5.41, 5.74) is 0.147. The molecule has 1 aromatic carbocycles. The molecular weight excluding hydrogens is 285 g/mol. The topological polar surface area (TPSA) is 67.2 Å². The second-order valence-corrected chi connectivity index (χ2v) is 6.21. The predicted octanol–water partition coefficient (Wildman–Crippen LogP) is 2.15. The highest BCUT2D eigenvalue weighted by Crippen LogP contribution is 2.18. The van der Waals surface area contributed by atoms with E-state index >= 15 is 0 Å². The van der Waals surface area contributed by atoms with E-state index < -0.39 is 17.8 Å². The quantitative estimate of drug-likeness (QED) is 0.909. The number of nitrogens with zero attached hydrogens (tertiary/aromatic N) is 2. The molecule has 22 heavy (non-hydrogen) atoms. The lowest BCUT2D eigenvalue weighted by Crippen LogP contribution is -2.39. The van der Waals surface area contributed by atoms with Gasteiger partial charge in [-0.1, -0.05) is 20.8 Å². The van der Waals surface area contributed by atoms with Gasteiger partial charge in [0.2, 0.25) is 0 Å². The Labute approximate surface area is 128 Å². The highest BCUT2D eigenvalue weighted by Gasteiger charge is 2.22. The second-order valence-electron chi connectivity index (χ2n) is 6.21. The van der Waals surface area contributed by atoms with Gasteiger partial charge in [-0.2, -0.15) is 5.10 Å². The van der Waals surface area contributed by atoms with Crippen LogP contribution in [0.3, 0.4) is 0 Å². The molecule has 0 aliphatic rings. The molecule has 1 atom stereocenters. The zero-order chi connectivity index (χ0) is 16.3. The Morgan fingerprint density at radius 2 is 2.18 bits per heavy atom. The highest BCUT2D eigenvalue weighted by molar-refractivity contribution is 5.94. The summed E-state index contributed by atoms with van der Waals surface area (Å²) in [5.74, 6) is -0.957. The van der Waals surface area contributed by atoms with Crippen molar-refractivity contribution in [1.82, 2.24) is 15.1 Å². The fourth-order valence-corrected chi connectivity index (χ4v) is 1.84. The van der Waals surface area contributed by atoms with E-state index in [1.54, 1.807) is 18.5 Å². The van der Waals surface area contributed by atoms with Gasteiger partial charge >= 0.3 is 0 Å². The average Bonchev–Trinajstić information content (AvgIpc) is 2.97. The molecule has 6 heteroatoms. The number of aliphatic hydroxyl groups excluding tert-OH is 1. The van der Waals surface area contributed by atoms with E-state index in [-0.39, 0.29) is 23.2 Å². The fraction of sp³-hybridized carbons (Fsp3) is 0.375.